The monoisotopic (exact) mass is 405 g/mol. The van der Waals surface area contributed by atoms with Crippen LogP contribution in [0.2, 0.25) is 0 Å². The third-order valence-corrected chi connectivity index (χ3v) is 6.10. The Morgan fingerprint density at radius 3 is 2.82 bits per heavy atom. The van der Waals surface area contributed by atoms with Crippen molar-refractivity contribution in [3.63, 3.8) is 0 Å². The van der Waals surface area contributed by atoms with Crippen LogP contribution in [0.5, 0.6) is 0 Å². The molecule has 0 radical (unpaired) electrons. The van der Waals surface area contributed by atoms with Crippen molar-refractivity contribution in [3.8, 4) is 0 Å². The Labute approximate surface area is 170 Å². The van der Waals surface area contributed by atoms with Crippen LogP contribution in [0.4, 0.5) is 0 Å². The Morgan fingerprint density at radius 1 is 1.32 bits per heavy atom. The molecule has 8 heteroatoms. The number of carbonyl (C=O) groups excluding carboxylic acids is 1. The summed E-state index contributed by atoms with van der Waals surface area (Å²) in [5.41, 5.74) is 1.02. The van der Waals surface area contributed by atoms with Crippen molar-refractivity contribution in [3.05, 3.63) is 29.3 Å². The Kier molecular flexibility index (Phi) is 7.75. The highest BCUT2D eigenvalue weighted by Gasteiger charge is 2.18. The molecule has 154 valence electrons. The Hall–Kier alpha value is -1.58. The summed E-state index contributed by atoms with van der Waals surface area (Å²) >= 11 is 1.67. The fourth-order valence-electron chi connectivity index (χ4n) is 3.45. The molecule has 3 rings (SSSR count). The smallest absolute Gasteiger partial charge is 0.234 e. The number of fused-ring (bicyclic) bond motifs is 1. The maximum absolute atomic E-state index is 12.2. The molecule has 1 unspecified atom stereocenters. The van der Waals surface area contributed by atoms with Gasteiger partial charge in [0.15, 0.2) is 0 Å². The van der Waals surface area contributed by atoms with E-state index in [1.54, 1.807) is 11.3 Å². The number of nitrogens with zero attached hydrogens (tertiary/aromatic N) is 4. The van der Waals surface area contributed by atoms with Crippen molar-refractivity contribution in [2.45, 2.75) is 12.5 Å². The van der Waals surface area contributed by atoms with Gasteiger partial charge in [0.25, 0.3) is 0 Å². The van der Waals surface area contributed by atoms with E-state index in [2.05, 4.69) is 33.2 Å². The lowest BCUT2D eigenvalue weighted by Gasteiger charge is -2.34. The number of amides is 1. The zero-order chi connectivity index (χ0) is 19.9. The van der Waals surface area contributed by atoms with E-state index in [9.17, 15) is 9.90 Å². The van der Waals surface area contributed by atoms with E-state index in [-0.39, 0.29) is 5.91 Å². The number of hydrogen-bond donors (Lipinski definition) is 2. The lowest BCUT2D eigenvalue weighted by molar-refractivity contribution is -0.122. The van der Waals surface area contributed by atoms with Gasteiger partial charge in [-0.25, -0.2) is 4.98 Å². The number of carbonyl (C=O) groups is 1. The maximum atomic E-state index is 12.2. The average molecular weight is 406 g/mol. The molecule has 1 atom stereocenters. The van der Waals surface area contributed by atoms with Crippen LogP contribution in [0.3, 0.4) is 0 Å². The highest BCUT2D eigenvalue weighted by molar-refractivity contribution is 7.18. The van der Waals surface area contributed by atoms with Gasteiger partial charge in [-0.15, -0.1) is 11.3 Å². The van der Waals surface area contributed by atoms with Crippen molar-refractivity contribution in [2.24, 2.45) is 0 Å². The molecule has 1 saturated heterocycles. The average Bonchev–Trinajstić information content (AvgIpc) is 3.06. The molecule has 0 spiro atoms. The summed E-state index contributed by atoms with van der Waals surface area (Å²) in [7, 11) is 4.00. The van der Waals surface area contributed by atoms with Crippen LogP contribution in [0, 0.1) is 0 Å². The molecule has 1 amide bonds. The van der Waals surface area contributed by atoms with Crippen LogP contribution < -0.4 is 5.32 Å². The van der Waals surface area contributed by atoms with Crippen LogP contribution in [-0.2, 0) is 11.2 Å². The van der Waals surface area contributed by atoms with Crippen LogP contribution in [-0.4, -0.2) is 103 Å². The zero-order valence-corrected chi connectivity index (χ0v) is 17.6. The van der Waals surface area contributed by atoms with Crippen molar-refractivity contribution < 1.29 is 9.90 Å². The van der Waals surface area contributed by atoms with Gasteiger partial charge in [0, 0.05) is 52.2 Å². The SMILES string of the molecule is CN1CCN(CC(O)CN(C)CC(=O)NCCc2nc3ccccc3s2)CC1. The first-order valence-corrected chi connectivity index (χ1v) is 10.7. The van der Waals surface area contributed by atoms with Crippen LogP contribution in [0.1, 0.15) is 5.01 Å². The highest BCUT2D eigenvalue weighted by atomic mass is 32.1. The molecule has 0 aliphatic carbocycles. The third-order valence-electron chi connectivity index (χ3n) is 5.00. The van der Waals surface area contributed by atoms with E-state index < -0.39 is 6.10 Å². The summed E-state index contributed by atoms with van der Waals surface area (Å²) in [5, 5.41) is 14.3. The zero-order valence-electron chi connectivity index (χ0n) is 16.8. The topological polar surface area (TPSA) is 71.9 Å². The molecule has 0 bridgehead atoms. The first-order valence-electron chi connectivity index (χ1n) is 9.88. The molecule has 1 fully saturated rings. The predicted octanol–water partition coefficient (Wildman–Crippen LogP) is 0.495. The molecular weight excluding hydrogens is 374 g/mol. The lowest BCUT2D eigenvalue weighted by Crippen LogP contribution is -2.49. The van der Waals surface area contributed by atoms with Gasteiger partial charge in [0.1, 0.15) is 0 Å². The molecule has 2 aromatic rings. The highest BCUT2D eigenvalue weighted by Crippen LogP contribution is 2.21. The third kappa shape index (κ3) is 6.49. The van der Waals surface area contributed by atoms with Crippen LogP contribution >= 0.6 is 11.3 Å². The second-order valence-corrected chi connectivity index (χ2v) is 8.74. The number of β-amino-alcohol motifs (C(OH)–C–C–N with tert-alkyl or cyclic N) is 1. The van der Waals surface area contributed by atoms with Crippen molar-refractivity contribution in [2.75, 3.05) is 66.5 Å². The summed E-state index contributed by atoms with van der Waals surface area (Å²) in [4.78, 5) is 23.2. The van der Waals surface area contributed by atoms with Gasteiger partial charge in [-0.1, -0.05) is 12.1 Å². The molecule has 2 heterocycles. The van der Waals surface area contributed by atoms with Crippen molar-refractivity contribution in [1.29, 1.82) is 0 Å². The summed E-state index contributed by atoms with van der Waals surface area (Å²) in [5.74, 6) is -0.0181. The molecule has 1 aromatic heterocycles. The maximum Gasteiger partial charge on any atom is 0.234 e. The van der Waals surface area contributed by atoms with Gasteiger partial charge in [-0.05, 0) is 26.2 Å². The second kappa shape index (κ2) is 10.3. The van der Waals surface area contributed by atoms with Crippen molar-refractivity contribution in [1.82, 2.24) is 25.0 Å². The minimum absolute atomic E-state index is 0.0181. The predicted molar refractivity (Wildman–Crippen MR) is 114 cm³/mol. The quantitative estimate of drug-likeness (QED) is 0.633. The number of hydrogen-bond acceptors (Lipinski definition) is 7. The molecular formula is C20H31N5O2S. The summed E-state index contributed by atoms with van der Waals surface area (Å²) in [6.45, 7) is 6.09. The second-order valence-electron chi connectivity index (χ2n) is 7.63. The number of para-hydroxylation sites is 1. The fourth-order valence-corrected chi connectivity index (χ4v) is 4.41. The number of thiazole rings is 1. The molecule has 2 N–H and O–H groups in total. The Morgan fingerprint density at radius 2 is 2.07 bits per heavy atom. The van der Waals surface area contributed by atoms with Gasteiger partial charge < -0.3 is 15.3 Å². The largest absolute Gasteiger partial charge is 0.390 e. The van der Waals surface area contributed by atoms with Crippen LogP contribution in [0.15, 0.2) is 24.3 Å². The van der Waals surface area contributed by atoms with E-state index >= 15 is 0 Å². The first kappa shape index (κ1) is 21.1. The molecule has 1 aliphatic heterocycles. The number of benzene rings is 1. The Bertz CT molecular complexity index is 727. The molecule has 1 aliphatic rings. The molecule has 7 nitrogen and oxygen atoms in total. The number of likely N-dealkylation sites (N-methyl/N-ethyl adjacent to an activating group) is 2. The number of aromatic nitrogens is 1. The van der Waals surface area contributed by atoms with Gasteiger partial charge in [0.05, 0.1) is 27.9 Å². The van der Waals surface area contributed by atoms with Crippen molar-refractivity contribution >= 4 is 27.5 Å². The lowest BCUT2D eigenvalue weighted by atomic mass is 10.2. The normalized spacial score (nSPS) is 17.3. The van der Waals surface area contributed by atoms with Gasteiger partial charge in [0.2, 0.25) is 5.91 Å². The summed E-state index contributed by atoms with van der Waals surface area (Å²) in [6.07, 6.45) is 0.296. The number of nitrogens with one attached hydrogen (secondary N) is 1. The molecule has 0 saturated carbocycles. The van der Waals surface area contributed by atoms with E-state index in [4.69, 9.17) is 0 Å². The fraction of sp³-hybridized carbons (Fsp3) is 0.600. The van der Waals surface area contributed by atoms with Crippen LogP contribution in [0.25, 0.3) is 10.2 Å². The van der Waals surface area contributed by atoms with E-state index in [0.29, 0.717) is 26.2 Å². The van der Waals surface area contributed by atoms with Gasteiger partial charge in [-0.2, -0.15) is 0 Å². The molecule has 28 heavy (non-hydrogen) atoms. The van der Waals surface area contributed by atoms with E-state index in [1.807, 2.05) is 30.1 Å². The van der Waals surface area contributed by atoms with Gasteiger partial charge >= 0.3 is 0 Å². The number of piperazine rings is 1. The first-order chi connectivity index (χ1) is 13.5. The molecule has 1 aromatic carbocycles. The minimum Gasteiger partial charge on any atom is -0.390 e. The number of rotatable bonds is 9. The van der Waals surface area contributed by atoms with E-state index in [1.165, 1.54) is 4.70 Å². The number of aliphatic hydroxyl groups excluding tert-OH is 1. The summed E-state index contributed by atoms with van der Waals surface area (Å²) in [6, 6.07) is 8.08. The minimum atomic E-state index is -0.441. The summed E-state index contributed by atoms with van der Waals surface area (Å²) < 4.78 is 1.18. The Balaban J connectivity index is 1.32. The van der Waals surface area contributed by atoms with E-state index in [0.717, 1.165) is 43.1 Å². The standard InChI is InChI=1S/C20H31N5O2S/c1-23-9-11-25(12-10-23)14-16(26)13-24(2)15-19(27)21-8-7-20-22-17-5-3-4-6-18(17)28-20/h3-6,16,26H,7-15H2,1-2H3,(H,21,27). The van der Waals surface area contributed by atoms with Gasteiger partial charge in [-0.3, -0.25) is 14.6 Å². The number of aliphatic hydroxyl groups is 1.